The van der Waals surface area contributed by atoms with Crippen LogP contribution in [0.15, 0.2) is 77.7 Å². The maximum atomic E-state index is 5.30. The van der Waals surface area contributed by atoms with Crippen LogP contribution >= 0.6 is 11.8 Å². The molecule has 0 aromatic heterocycles. The van der Waals surface area contributed by atoms with Gasteiger partial charge in [-0.25, -0.2) is 0 Å². The molecule has 0 N–H and O–H groups in total. The molecule has 0 fully saturated rings. The number of hydrogen-bond donors (Lipinski definition) is 0. The van der Waals surface area contributed by atoms with Crippen LogP contribution in [0, 0.1) is 0 Å². The molecule has 0 amide bonds. The van der Waals surface area contributed by atoms with Gasteiger partial charge in [-0.05, 0) is 76.2 Å². The fourth-order valence-corrected chi connectivity index (χ4v) is 5.62. The van der Waals surface area contributed by atoms with Crippen LogP contribution in [0.5, 0.6) is 5.75 Å². The first-order valence-corrected chi connectivity index (χ1v) is 10.5. The summed E-state index contributed by atoms with van der Waals surface area (Å²) < 4.78 is 5.30. The van der Waals surface area contributed by atoms with E-state index in [2.05, 4.69) is 72.8 Å². The summed E-state index contributed by atoms with van der Waals surface area (Å²) in [6.07, 6.45) is 3.69. The van der Waals surface area contributed by atoms with E-state index in [1.807, 2.05) is 11.8 Å². The van der Waals surface area contributed by atoms with Gasteiger partial charge in [0.2, 0.25) is 0 Å². The molecule has 27 heavy (non-hydrogen) atoms. The van der Waals surface area contributed by atoms with Crippen molar-refractivity contribution < 1.29 is 4.74 Å². The highest BCUT2D eigenvalue weighted by Crippen LogP contribution is 2.47. The van der Waals surface area contributed by atoms with E-state index in [-0.39, 0.29) is 0 Å². The second kappa shape index (κ2) is 6.94. The summed E-state index contributed by atoms with van der Waals surface area (Å²) in [4.78, 5) is 1.31. The van der Waals surface area contributed by atoms with Crippen LogP contribution in [0.3, 0.4) is 0 Å². The molecule has 0 saturated heterocycles. The summed E-state index contributed by atoms with van der Waals surface area (Å²) in [5, 5.41) is 6.00. The Bertz CT molecular complexity index is 1110. The first-order chi connectivity index (χ1) is 13.3. The molecule has 1 atom stereocenters. The monoisotopic (exact) mass is 370 g/mol. The molecule has 0 bridgehead atoms. The summed E-state index contributed by atoms with van der Waals surface area (Å²) >= 11 is 1.99. The van der Waals surface area contributed by atoms with Crippen molar-refractivity contribution in [1.82, 2.24) is 0 Å². The molecule has 134 valence electrons. The van der Waals surface area contributed by atoms with Gasteiger partial charge in [0.25, 0.3) is 0 Å². The van der Waals surface area contributed by atoms with E-state index in [0.717, 1.165) is 5.75 Å². The molecule has 5 rings (SSSR count). The molecule has 0 aliphatic heterocycles. The third-order valence-electron chi connectivity index (χ3n) is 5.63. The van der Waals surface area contributed by atoms with Gasteiger partial charge in [0.05, 0.1) is 7.11 Å². The maximum Gasteiger partial charge on any atom is 0.118 e. The molecule has 0 saturated carbocycles. The standard InChI is InChI=1S/C25H22OS/c1-26-19-11-13-20(14-12-19)27-24-8-4-6-18-10-15-22-21-7-3-2-5-17(21)9-16-23(22)25(18)24/h2-3,5,7,9-16,24H,4,6,8H2,1H3. The predicted molar refractivity (Wildman–Crippen MR) is 116 cm³/mol. The molecule has 4 aromatic rings. The minimum atomic E-state index is 0.506. The Labute approximate surface area is 164 Å². The van der Waals surface area contributed by atoms with Crippen LogP contribution in [0.1, 0.15) is 29.2 Å². The zero-order valence-corrected chi connectivity index (χ0v) is 16.3. The normalized spacial score (nSPS) is 16.4. The van der Waals surface area contributed by atoms with E-state index in [4.69, 9.17) is 4.74 Å². The number of benzene rings is 4. The van der Waals surface area contributed by atoms with E-state index in [1.165, 1.54) is 51.3 Å². The smallest absolute Gasteiger partial charge is 0.118 e. The molecular weight excluding hydrogens is 348 g/mol. The molecule has 2 heteroatoms. The van der Waals surface area contributed by atoms with Crippen LogP contribution in [-0.2, 0) is 6.42 Å². The highest BCUT2D eigenvalue weighted by atomic mass is 32.2. The van der Waals surface area contributed by atoms with Gasteiger partial charge >= 0.3 is 0 Å². The van der Waals surface area contributed by atoms with Crippen molar-refractivity contribution >= 4 is 33.3 Å². The number of thioether (sulfide) groups is 1. The maximum absolute atomic E-state index is 5.30. The van der Waals surface area contributed by atoms with Gasteiger partial charge < -0.3 is 4.74 Å². The number of methoxy groups -OCH3 is 1. The van der Waals surface area contributed by atoms with Crippen LogP contribution < -0.4 is 4.74 Å². The Morgan fingerprint density at radius 2 is 1.63 bits per heavy atom. The number of fused-ring (bicyclic) bond motifs is 5. The molecule has 4 aromatic carbocycles. The number of hydrogen-bond acceptors (Lipinski definition) is 2. The highest BCUT2D eigenvalue weighted by molar-refractivity contribution is 7.99. The van der Waals surface area contributed by atoms with Gasteiger partial charge in [0, 0.05) is 10.1 Å². The van der Waals surface area contributed by atoms with Crippen LogP contribution in [-0.4, -0.2) is 7.11 Å². The Hall–Kier alpha value is -2.45. The van der Waals surface area contributed by atoms with Crippen LogP contribution in [0.2, 0.25) is 0 Å². The Balaban J connectivity index is 1.62. The van der Waals surface area contributed by atoms with Crippen molar-refractivity contribution in [3.8, 4) is 5.75 Å². The Morgan fingerprint density at radius 1 is 0.815 bits per heavy atom. The van der Waals surface area contributed by atoms with Gasteiger partial charge in [0.1, 0.15) is 5.75 Å². The number of aryl methyl sites for hydroxylation is 1. The van der Waals surface area contributed by atoms with Crippen molar-refractivity contribution in [1.29, 1.82) is 0 Å². The van der Waals surface area contributed by atoms with Crippen LogP contribution in [0.25, 0.3) is 21.5 Å². The van der Waals surface area contributed by atoms with Gasteiger partial charge in [-0.15, -0.1) is 11.8 Å². The van der Waals surface area contributed by atoms with E-state index in [1.54, 1.807) is 12.7 Å². The third kappa shape index (κ3) is 2.98. The van der Waals surface area contributed by atoms with Crippen molar-refractivity contribution in [2.24, 2.45) is 0 Å². The lowest BCUT2D eigenvalue weighted by molar-refractivity contribution is 0.414. The van der Waals surface area contributed by atoms with Crippen molar-refractivity contribution in [2.45, 2.75) is 29.4 Å². The Kier molecular flexibility index (Phi) is 4.29. The van der Waals surface area contributed by atoms with Crippen molar-refractivity contribution in [3.63, 3.8) is 0 Å². The van der Waals surface area contributed by atoms with Gasteiger partial charge in [-0.3, -0.25) is 0 Å². The lowest BCUT2D eigenvalue weighted by atomic mass is 9.86. The van der Waals surface area contributed by atoms with E-state index in [9.17, 15) is 0 Å². The highest BCUT2D eigenvalue weighted by Gasteiger charge is 2.24. The predicted octanol–water partition coefficient (Wildman–Crippen LogP) is 7.17. The quantitative estimate of drug-likeness (QED) is 0.353. The lowest BCUT2D eigenvalue weighted by Gasteiger charge is -2.27. The molecule has 1 aliphatic rings. The van der Waals surface area contributed by atoms with Crippen LogP contribution in [0.4, 0.5) is 0 Å². The van der Waals surface area contributed by atoms with Crippen molar-refractivity contribution in [3.05, 3.63) is 83.9 Å². The number of ether oxygens (including phenoxy) is 1. The largest absolute Gasteiger partial charge is 0.497 e. The minimum Gasteiger partial charge on any atom is -0.497 e. The summed E-state index contributed by atoms with van der Waals surface area (Å²) in [6, 6.07) is 26.5. The third-order valence-corrected chi connectivity index (χ3v) is 6.93. The molecule has 0 radical (unpaired) electrons. The average Bonchev–Trinajstić information content (AvgIpc) is 2.74. The fraction of sp³-hybridized carbons (Fsp3) is 0.200. The first kappa shape index (κ1) is 16.7. The summed E-state index contributed by atoms with van der Waals surface area (Å²) in [5.74, 6) is 0.917. The van der Waals surface area contributed by atoms with E-state index in [0.29, 0.717) is 5.25 Å². The average molecular weight is 371 g/mol. The zero-order chi connectivity index (χ0) is 18.2. The fourth-order valence-electron chi connectivity index (χ4n) is 4.31. The molecule has 0 spiro atoms. The molecular formula is C25H22OS. The van der Waals surface area contributed by atoms with E-state index >= 15 is 0 Å². The Morgan fingerprint density at radius 3 is 2.48 bits per heavy atom. The lowest BCUT2D eigenvalue weighted by Crippen LogP contribution is -2.08. The van der Waals surface area contributed by atoms with E-state index < -0.39 is 0 Å². The zero-order valence-electron chi connectivity index (χ0n) is 15.4. The molecule has 1 aliphatic carbocycles. The summed E-state index contributed by atoms with van der Waals surface area (Å²) in [6.45, 7) is 0. The first-order valence-electron chi connectivity index (χ1n) is 9.57. The molecule has 0 heterocycles. The topological polar surface area (TPSA) is 9.23 Å². The van der Waals surface area contributed by atoms with Gasteiger partial charge in [-0.2, -0.15) is 0 Å². The molecule has 1 unspecified atom stereocenters. The second-order valence-corrected chi connectivity index (χ2v) is 8.47. The van der Waals surface area contributed by atoms with Gasteiger partial charge in [-0.1, -0.05) is 48.5 Å². The van der Waals surface area contributed by atoms with Crippen molar-refractivity contribution in [2.75, 3.05) is 7.11 Å². The molecule has 1 nitrogen and oxygen atoms in total. The summed E-state index contributed by atoms with van der Waals surface area (Å²) in [5.41, 5.74) is 3.07. The second-order valence-electron chi connectivity index (χ2n) is 7.19. The summed E-state index contributed by atoms with van der Waals surface area (Å²) in [7, 11) is 1.72. The minimum absolute atomic E-state index is 0.506. The number of rotatable bonds is 3. The van der Waals surface area contributed by atoms with Gasteiger partial charge in [0.15, 0.2) is 0 Å². The SMILES string of the molecule is COc1ccc(SC2CCCc3ccc4c(ccc5ccccc54)c32)cc1.